The third-order valence-corrected chi connectivity index (χ3v) is 2.48. The Morgan fingerprint density at radius 1 is 1.44 bits per heavy atom. The number of anilines is 1. The number of benzene rings is 1. The molecule has 0 atom stereocenters. The van der Waals surface area contributed by atoms with Crippen LogP contribution in [0.3, 0.4) is 0 Å². The summed E-state index contributed by atoms with van der Waals surface area (Å²) in [5.74, 6) is 0. The molecule has 86 valence electrons. The summed E-state index contributed by atoms with van der Waals surface area (Å²) in [5.41, 5.74) is 2.37. The van der Waals surface area contributed by atoms with Gasteiger partial charge in [0.05, 0.1) is 11.3 Å². The van der Waals surface area contributed by atoms with Crippen LogP contribution in [-0.2, 0) is 0 Å². The van der Waals surface area contributed by atoms with Crippen LogP contribution in [0.4, 0.5) is 5.69 Å². The van der Waals surface area contributed by atoms with Crippen molar-refractivity contribution in [3.63, 3.8) is 0 Å². The lowest BCUT2D eigenvalue weighted by molar-refractivity contribution is 0.171. The van der Waals surface area contributed by atoms with Gasteiger partial charge in [-0.3, -0.25) is 0 Å². The molecule has 1 aromatic rings. The third-order valence-electron chi connectivity index (χ3n) is 2.48. The predicted octanol–water partition coefficient (Wildman–Crippen LogP) is 2.30. The van der Waals surface area contributed by atoms with E-state index in [0.717, 1.165) is 11.3 Å². The fourth-order valence-corrected chi connectivity index (χ4v) is 1.30. The Kier molecular flexibility index (Phi) is 3.92. The number of rotatable bonds is 4. The van der Waals surface area contributed by atoms with Crippen LogP contribution in [0.1, 0.15) is 25.0 Å². The van der Waals surface area contributed by atoms with Gasteiger partial charge in [-0.15, -0.1) is 0 Å². The quantitative estimate of drug-likeness (QED) is 0.815. The van der Waals surface area contributed by atoms with E-state index in [0.29, 0.717) is 12.1 Å². The summed E-state index contributed by atoms with van der Waals surface area (Å²) in [6.07, 6.45) is 0. The highest BCUT2D eigenvalue weighted by atomic mass is 16.3. The van der Waals surface area contributed by atoms with Gasteiger partial charge in [-0.1, -0.05) is 19.9 Å². The summed E-state index contributed by atoms with van der Waals surface area (Å²) >= 11 is 0. The molecule has 1 rings (SSSR count). The summed E-state index contributed by atoms with van der Waals surface area (Å²) < 4.78 is 0. The summed E-state index contributed by atoms with van der Waals surface area (Å²) in [7, 11) is 0. The Labute approximate surface area is 96.7 Å². The minimum Gasteiger partial charge on any atom is -0.396 e. The van der Waals surface area contributed by atoms with Crippen molar-refractivity contribution in [2.24, 2.45) is 5.41 Å². The van der Waals surface area contributed by atoms with Crippen molar-refractivity contribution < 1.29 is 5.11 Å². The number of hydrogen-bond donors (Lipinski definition) is 2. The third kappa shape index (κ3) is 3.25. The number of nitrogens with zero attached hydrogens (tertiary/aromatic N) is 1. The standard InChI is InChI=1S/C13H18N2O/c1-10-4-5-12(11(6-10)7-14)15-8-13(2,3)9-16/h4-6,15-16H,8-9H2,1-3H3. The molecular weight excluding hydrogens is 200 g/mol. The number of nitriles is 1. The Bertz CT molecular complexity index is 405. The zero-order chi connectivity index (χ0) is 12.2. The van der Waals surface area contributed by atoms with Gasteiger partial charge in [-0.25, -0.2) is 0 Å². The summed E-state index contributed by atoms with van der Waals surface area (Å²) in [4.78, 5) is 0. The SMILES string of the molecule is Cc1ccc(NCC(C)(C)CO)c(C#N)c1. The smallest absolute Gasteiger partial charge is 0.101 e. The molecule has 0 radical (unpaired) electrons. The van der Waals surface area contributed by atoms with E-state index >= 15 is 0 Å². The molecular formula is C13H18N2O. The van der Waals surface area contributed by atoms with Gasteiger partial charge in [-0.05, 0) is 24.6 Å². The number of aliphatic hydroxyl groups excluding tert-OH is 1. The highest BCUT2D eigenvalue weighted by Crippen LogP contribution is 2.19. The average molecular weight is 218 g/mol. The molecule has 0 saturated carbocycles. The van der Waals surface area contributed by atoms with E-state index in [2.05, 4.69) is 11.4 Å². The van der Waals surface area contributed by atoms with E-state index in [4.69, 9.17) is 10.4 Å². The van der Waals surface area contributed by atoms with Crippen LogP contribution in [0, 0.1) is 23.7 Å². The molecule has 1 aromatic carbocycles. The van der Waals surface area contributed by atoms with Gasteiger partial charge in [0.25, 0.3) is 0 Å². The topological polar surface area (TPSA) is 56.0 Å². The maximum Gasteiger partial charge on any atom is 0.101 e. The molecule has 0 saturated heterocycles. The first kappa shape index (κ1) is 12.5. The molecule has 0 aliphatic rings. The van der Waals surface area contributed by atoms with E-state index in [1.807, 2.05) is 39.0 Å². The molecule has 16 heavy (non-hydrogen) atoms. The van der Waals surface area contributed by atoms with Crippen molar-refractivity contribution in [1.82, 2.24) is 0 Å². The van der Waals surface area contributed by atoms with Crippen LogP contribution in [0.2, 0.25) is 0 Å². The lowest BCUT2D eigenvalue weighted by Gasteiger charge is -2.23. The molecule has 0 bridgehead atoms. The predicted molar refractivity (Wildman–Crippen MR) is 65.3 cm³/mol. The largest absolute Gasteiger partial charge is 0.396 e. The second kappa shape index (κ2) is 5.00. The van der Waals surface area contributed by atoms with E-state index < -0.39 is 0 Å². The number of aryl methyl sites for hydroxylation is 1. The molecule has 0 spiro atoms. The lowest BCUT2D eigenvalue weighted by atomic mass is 9.94. The average Bonchev–Trinajstić information content (AvgIpc) is 2.27. The Morgan fingerprint density at radius 3 is 2.69 bits per heavy atom. The van der Waals surface area contributed by atoms with Crippen LogP contribution in [0.5, 0.6) is 0 Å². The molecule has 0 fully saturated rings. The van der Waals surface area contributed by atoms with Crippen molar-refractivity contribution in [1.29, 1.82) is 5.26 Å². The first-order chi connectivity index (χ1) is 7.48. The first-order valence-electron chi connectivity index (χ1n) is 5.34. The van der Waals surface area contributed by atoms with Crippen molar-refractivity contribution in [2.45, 2.75) is 20.8 Å². The Hall–Kier alpha value is -1.53. The highest BCUT2D eigenvalue weighted by Gasteiger charge is 2.16. The minimum absolute atomic E-state index is 0.119. The van der Waals surface area contributed by atoms with E-state index in [-0.39, 0.29) is 12.0 Å². The van der Waals surface area contributed by atoms with Gasteiger partial charge in [0, 0.05) is 18.6 Å². The molecule has 2 N–H and O–H groups in total. The Morgan fingerprint density at radius 2 is 2.12 bits per heavy atom. The fourth-order valence-electron chi connectivity index (χ4n) is 1.30. The molecule has 0 unspecified atom stereocenters. The fraction of sp³-hybridized carbons (Fsp3) is 0.462. The van der Waals surface area contributed by atoms with E-state index in [1.54, 1.807) is 0 Å². The monoisotopic (exact) mass is 218 g/mol. The molecule has 0 aliphatic heterocycles. The van der Waals surface area contributed by atoms with Crippen LogP contribution in [0.15, 0.2) is 18.2 Å². The van der Waals surface area contributed by atoms with Crippen LogP contribution in [0.25, 0.3) is 0 Å². The zero-order valence-electron chi connectivity index (χ0n) is 10.0. The first-order valence-corrected chi connectivity index (χ1v) is 5.34. The van der Waals surface area contributed by atoms with Gasteiger partial charge in [0.1, 0.15) is 6.07 Å². The van der Waals surface area contributed by atoms with Crippen molar-refractivity contribution in [3.05, 3.63) is 29.3 Å². The van der Waals surface area contributed by atoms with Crippen LogP contribution in [-0.4, -0.2) is 18.3 Å². The van der Waals surface area contributed by atoms with Gasteiger partial charge in [-0.2, -0.15) is 5.26 Å². The van der Waals surface area contributed by atoms with Gasteiger partial charge in [0.15, 0.2) is 0 Å². The van der Waals surface area contributed by atoms with Gasteiger partial charge >= 0.3 is 0 Å². The Balaban J connectivity index is 2.79. The van der Waals surface area contributed by atoms with Crippen molar-refractivity contribution >= 4 is 5.69 Å². The van der Waals surface area contributed by atoms with Crippen molar-refractivity contribution in [3.8, 4) is 6.07 Å². The van der Waals surface area contributed by atoms with Gasteiger partial charge < -0.3 is 10.4 Å². The molecule has 3 nitrogen and oxygen atoms in total. The molecule has 0 aliphatic carbocycles. The number of aliphatic hydroxyl groups is 1. The van der Waals surface area contributed by atoms with Gasteiger partial charge in [0.2, 0.25) is 0 Å². The molecule has 3 heteroatoms. The summed E-state index contributed by atoms with van der Waals surface area (Å²) in [6, 6.07) is 7.89. The minimum atomic E-state index is -0.183. The maximum absolute atomic E-state index is 9.14. The molecule has 0 amide bonds. The highest BCUT2D eigenvalue weighted by molar-refractivity contribution is 5.58. The zero-order valence-corrected chi connectivity index (χ0v) is 10.0. The lowest BCUT2D eigenvalue weighted by Crippen LogP contribution is -2.27. The number of hydrogen-bond acceptors (Lipinski definition) is 3. The van der Waals surface area contributed by atoms with E-state index in [1.165, 1.54) is 0 Å². The normalized spacial score (nSPS) is 10.9. The van der Waals surface area contributed by atoms with Crippen LogP contribution >= 0.6 is 0 Å². The maximum atomic E-state index is 9.14. The summed E-state index contributed by atoms with van der Waals surface area (Å²) in [6.45, 7) is 6.66. The second-order valence-corrected chi connectivity index (χ2v) is 4.84. The van der Waals surface area contributed by atoms with Crippen molar-refractivity contribution in [2.75, 3.05) is 18.5 Å². The molecule has 0 aromatic heterocycles. The summed E-state index contributed by atoms with van der Waals surface area (Å²) in [5, 5.41) is 21.3. The number of nitrogens with one attached hydrogen (secondary N) is 1. The second-order valence-electron chi connectivity index (χ2n) is 4.84. The van der Waals surface area contributed by atoms with E-state index in [9.17, 15) is 0 Å². The molecule has 0 heterocycles. The van der Waals surface area contributed by atoms with Crippen LogP contribution < -0.4 is 5.32 Å².